The van der Waals surface area contributed by atoms with E-state index < -0.39 is 0 Å². The second kappa shape index (κ2) is 15.2. The molecule has 0 saturated carbocycles. The molecule has 2 aliphatic heterocycles. The smallest absolute Gasteiger partial charge is 0.219 e. The van der Waals surface area contributed by atoms with E-state index in [4.69, 9.17) is 0 Å². The lowest BCUT2D eigenvalue weighted by molar-refractivity contribution is -0.121. The van der Waals surface area contributed by atoms with Gasteiger partial charge in [0.25, 0.3) is 0 Å². The summed E-state index contributed by atoms with van der Waals surface area (Å²) < 4.78 is 0. The van der Waals surface area contributed by atoms with Crippen molar-refractivity contribution in [1.29, 1.82) is 0 Å². The lowest BCUT2D eigenvalue weighted by Crippen LogP contribution is -2.29. The molecule has 2 atom stereocenters. The highest BCUT2D eigenvalue weighted by molar-refractivity contribution is 8.77. The summed E-state index contributed by atoms with van der Waals surface area (Å²) in [6, 6.07) is 0. The van der Waals surface area contributed by atoms with E-state index >= 15 is 0 Å². The van der Waals surface area contributed by atoms with Gasteiger partial charge in [0.05, 0.1) is 0 Å². The van der Waals surface area contributed by atoms with Crippen LogP contribution in [0.5, 0.6) is 0 Å². The van der Waals surface area contributed by atoms with Gasteiger partial charge in [-0.05, 0) is 44.9 Å². The molecule has 2 N–H and O–H groups in total. The molecule has 0 aromatic carbocycles. The van der Waals surface area contributed by atoms with E-state index in [-0.39, 0.29) is 11.8 Å². The molecule has 2 fully saturated rings. The van der Waals surface area contributed by atoms with E-state index in [1.165, 1.54) is 37.2 Å². The van der Waals surface area contributed by atoms with Crippen LogP contribution in [0, 0.1) is 0 Å². The molecule has 2 unspecified atom stereocenters. The first-order valence-corrected chi connectivity index (χ1v) is 15.1. The van der Waals surface area contributed by atoms with Crippen LogP contribution in [0.25, 0.3) is 0 Å². The molecule has 0 spiro atoms. The van der Waals surface area contributed by atoms with Crippen LogP contribution in [0.15, 0.2) is 0 Å². The van der Waals surface area contributed by atoms with Crippen molar-refractivity contribution in [3.05, 3.63) is 0 Å². The van der Waals surface area contributed by atoms with Crippen LogP contribution in [-0.2, 0) is 9.59 Å². The average molecular weight is 451 g/mol. The van der Waals surface area contributed by atoms with Gasteiger partial charge in [0, 0.05) is 47.9 Å². The maximum atomic E-state index is 11.8. The Morgan fingerprint density at radius 3 is 1.59 bits per heavy atom. The fraction of sp³-hybridized carbons (Fsp3) is 0.895. The number of carbonyl (C=O) groups excluding carboxylic acids is 2. The number of hydrogen-bond donors (Lipinski definition) is 2. The summed E-state index contributed by atoms with van der Waals surface area (Å²) in [4.78, 5) is 23.6. The zero-order chi connectivity index (χ0) is 19.2. The van der Waals surface area contributed by atoms with Crippen molar-refractivity contribution in [2.45, 2.75) is 81.1 Å². The Morgan fingerprint density at radius 2 is 1.19 bits per heavy atom. The summed E-state index contributed by atoms with van der Waals surface area (Å²) in [5, 5.41) is 7.54. The van der Waals surface area contributed by atoms with Crippen molar-refractivity contribution in [3.8, 4) is 0 Å². The highest BCUT2D eigenvalue weighted by Gasteiger charge is 2.16. The molecule has 2 aliphatic rings. The molecule has 0 radical (unpaired) electrons. The number of carbonyl (C=O) groups is 2. The minimum absolute atomic E-state index is 0.151. The van der Waals surface area contributed by atoms with Crippen molar-refractivity contribution >= 4 is 55.0 Å². The Balaban J connectivity index is 1.32. The summed E-state index contributed by atoms with van der Waals surface area (Å²) in [6.07, 6.45) is 11.5. The number of nitrogens with one attached hydrogen (secondary N) is 2. The van der Waals surface area contributed by atoms with E-state index in [9.17, 15) is 9.59 Å². The monoisotopic (exact) mass is 450 g/mol. The summed E-state index contributed by atoms with van der Waals surface area (Å²) in [5.74, 6) is 2.87. The van der Waals surface area contributed by atoms with Crippen LogP contribution in [0.3, 0.4) is 0 Å². The van der Waals surface area contributed by atoms with Gasteiger partial charge in [-0.2, -0.15) is 0 Å². The van der Waals surface area contributed by atoms with Gasteiger partial charge in [-0.3, -0.25) is 9.59 Å². The van der Waals surface area contributed by atoms with Crippen molar-refractivity contribution in [3.63, 3.8) is 0 Å². The number of hydrogen-bond acceptors (Lipinski definition) is 6. The minimum atomic E-state index is 0.151. The molecule has 0 aromatic rings. The van der Waals surface area contributed by atoms with Crippen molar-refractivity contribution in [1.82, 2.24) is 10.6 Å². The first kappa shape index (κ1) is 23.6. The SMILES string of the molecule is O=C(CCCCC1CCSS1)NCCCNC(=O)CCCCC1CCSS1. The van der Waals surface area contributed by atoms with Crippen molar-refractivity contribution in [2.24, 2.45) is 0 Å². The first-order valence-electron chi connectivity index (χ1n) is 10.3. The van der Waals surface area contributed by atoms with Gasteiger partial charge < -0.3 is 10.6 Å². The van der Waals surface area contributed by atoms with Crippen molar-refractivity contribution < 1.29 is 9.59 Å². The molecule has 156 valence electrons. The quantitative estimate of drug-likeness (QED) is 0.286. The normalized spacial score (nSPS) is 22.1. The Kier molecular flexibility index (Phi) is 13.3. The molecular formula is C19H34N2O2S4. The Hall–Kier alpha value is 0.340. The van der Waals surface area contributed by atoms with Gasteiger partial charge >= 0.3 is 0 Å². The molecule has 0 aliphatic carbocycles. The summed E-state index contributed by atoms with van der Waals surface area (Å²) in [5.41, 5.74) is 0. The van der Waals surface area contributed by atoms with Gasteiger partial charge in [0.2, 0.25) is 11.8 Å². The summed E-state index contributed by atoms with van der Waals surface area (Å²) >= 11 is 0. The molecule has 4 nitrogen and oxygen atoms in total. The van der Waals surface area contributed by atoms with E-state index in [0.29, 0.717) is 25.9 Å². The van der Waals surface area contributed by atoms with Crippen LogP contribution in [0.1, 0.15) is 70.6 Å². The number of amides is 2. The van der Waals surface area contributed by atoms with Crippen LogP contribution in [-0.4, -0.2) is 46.9 Å². The van der Waals surface area contributed by atoms with Crippen LogP contribution < -0.4 is 10.6 Å². The molecule has 2 saturated heterocycles. The summed E-state index contributed by atoms with van der Waals surface area (Å²) in [7, 11) is 7.99. The van der Waals surface area contributed by atoms with Crippen LogP contribution >= 0.6 is 43.2 Å². The maximum absolute atomic E-state index is 11.8. The lowest BCUT2D eigenvalue weighted by atomic mass is 10.1. The highest BCUT2D eigenvalue weighted by Crippen LogP contribution is 2.40. The third-order valence-corrected chi connectivity index (χ3v) is 10.8. The third-order valence-electron chi connectivity index (χ3n) is 4.81. The largest absolute Gasteiger partial charge is 0.356 e. The zero-order valence-electron chi connectivity index (χ0n) is 16.2. The first-order chi connectivity index (χ1) is 13.2. The van der Waals surface area contributed by atoms with Crippen LogP contribution in [0.2, 0.25) is 0 Å². The number of rotatable bonds is 14. The Labute approximate surface area is 180 Å². The van der Waals surface area contributed by atoms with Crippen LogP contribution in [0.4, 0.5) is 0 Å². The minimum Gasteiger partial charge on any atom is -0.356 e. The maximum Gasteiger partial charge on any atom is 0.219 e. The average Bonchev–Trinajstić information content (AvgIpc) is 3.36. The molecular weight excluding hydrogens is 416 g/mol. The zero-order valence-corrected chi connectivity index (χ0v) is 19.5. The third kappa shape index (κ3) is 11.8. The topological polar surface area (TPSA) is 58.2 Å². The fourth-order valence-electron chi connectivity index (χ4n) is 3.16. The summed E-state index contributed by atoms with van der Waals surface area (Å²) in [6.45, 7) is 1.32. The molecule has 2 rings (SSSR count). The van der Waals surface area contributed by atoms with Gasteiger partial charge in [0.1, 0.15) is 0 Å². The van der Waals surface area contributed by atoms with Gasteiger partial charge in [-0.15, -0.1) is 0 Å². The van der Waals surface area contributed by atoms with Crippen molar-refractivity contribution in [2.75, 3.05) is 24.6 Å². The Bertz CT molecular complexity index is 390. The molecule has 2 heterocycles. The second-order valence-corrected chi connectivity index (χ2v) is 12.8. The molecule has 0 aromatic heterocycles. The molecule has 0 bridgehead atoms. The van der Waals surface area contributed by atoms with E-state index in [1.807, 2.05) is 43.2 Å². The van der Waals surface area contributed by atoms with E-state index in [1.54, 1.807) is 0 Å². The number of unbranched alkanes of at least 4 members (excludes halogenated alkanes) is 2. The Morgan fingerprint density at radius 1 is 0.704 bits per heavy atom. The van der Waals surface area contributed by atoms with E-state index in [0.717, 1.165) is 42.6 Å². The lowest BCUT2D eigenvalue weighted by Gasteiger charge is -2.09. The van der Waals surface area contributed by atoms with Gasteiger partial charge in [-0.1, -0.05) is 56.0 Å². The molecule has 27 heavy (non-hydrogen) atoms. The van der Waals surface area contributed by atoms with Gasteiger partial charge in [0.15, 0.2) is 0 Å². The molecule has 2 amide bonds. The highest BCUT2D eigenvalue weighted by atomic mass is 33.1. The molecule has 8 heteroatoms. The van der Waals surface area contributed by atoms with E-state index in [2.05, 4.69) is 10.6 Å². The van der Waals surface area contributed by atoms with Gasteiger partial charge in [-0.25, -0.2) is 0 Å². The second-order valence-electron chi connectivity index (χ2n) is 7.20. The fourth-order valence-corrected chi connectivity index (χ4v) is 9.22. The standard InChI is InChI=1S/C19H34N2O2S4/c22-18(8-3-1-6-16-10-14-24-26-16)20-12-5-13-21-19(23)9-4-2-7-17-11-15-25-27-17/h16-17H,1-15H2,(H,20,22)(H,21,23). The predicted molar refractivity (Wildman–Crippen MR) is 124 cm³/mol. The predicted octanol–water partition coefficient (Wildman–Crippen LogP) is 5.04.